The van der Waals surface area contributed by atoms with Gasteiger partial charge in [0.2, 0.25) is 0 Å². The van der Waals surface area contributed by atoms with E-state index < -0.39 is 0 Å². The first kappa shape index (κ1) is 14.5. The smallest absolute Gasteiger partial charge is 0.128 e. The second-order valence-electron chi connectivity index (χ2n) is 5.23. The van der Waals surface area contributed by atoms with Gasteiger partial charge in [0.05, 0.1) is 0 Å². The SMILES string of the molecule is Fc1cc(Br)cc(CN2CCN(c3ccccn3)CC2)c1. The summed E-state index contributed by atoms with van der Waals surface area (Å²) >= 11 is 3.34. The summed E-state index contributed by atoms with van der Waals surface area (Å²) in [7, 11) is 0. The topological polar surface area (TPSA) is 19.4 Å². The first-order chi connectivity index (χ1) is 10.2. The number of halogens is 2. The maximum Gasteiger partial charge on any atom is 0.128 e. The molecule has 2 aromatic rings. The Kier molecular flexibility index (Phi) is 4.51. The minimum atomic E-state index is -0.188. The summed E-state index contributed by atoms with van der Waals surface area (Å²) < 4.78 is 14.2. The average Bonchev–Trinajstić information content (AvgIpc) is 2.48. The summed E-state index contributed by atoms with van der Waals surface area (Å²) in [5, 5.41) is 0. The van der Waals surface area contributed by atoms with Crippen molar-refractivity contribution in [3.8, 4) is 0 Å². The number of pyridine rings is 1. The molecule has 0 radical (unpaired) electrons. The van der Waals surface area contributed by atoms with E-state index in [0.717, 1.165) is 48.6 Å². The lowest BCUT2D eigenvalue weighted by molar-refractivity contribution is 0.249. The second kappa shape index (κ2) is 6.54. The van der Waals surface area contributed by atoms with Gasteiger partial charge in [-0.25, -0.2) is 9.37 Å². The highest BCUT2D eigenvalue weighted by Gasteiger charge is 2.18. The molecule has 5 heteroatoms. The fourth-order valence-corrected chi connectivity index (χ4v) is 3.15. The average molecular weight is 350 g/mol. The summed E-state index contributed by atoms with van der Waals surface area (Å²) in [6.45, 7) is 4.61. The standard InChI is InChI=1S/C16H17BrFN3/c17-14-9-13(10-15(18)11-14)12-20-5-7-21(8-6-20)16-3-1-2-4-19-16/h1-4,9-11H,5-8,12H2. The van der Waals surface area contributed by atoms with Gasteiger partial charge in [-0.05, 0) is 35.9 Å². The monoisotopic (exact) mass is 349 g/mol. The lowest BCUT2D eigenvalue weighted by Crippen LogP contribution is -2.46. The largest absolute Gasteiger partial charge is 0.354 e. The number of rotatable bonds is 3. The van der Waals surface area contributed by atoms with Crippen LogP contribution in [0.2, 0.25) is 0 Å². The number of anilines is 1. The highest BCUT2D eigenvalue weighted by atomic mass is 79.9. The molecule has 0 aliphatic carbocycles. The van der Waals surface area contributed by atoms with E-state index in [1.807, 2.05) is 30.5 Å². The fourth-order valence-electron chi connectivity index (χ4n) is 2.64. The van der Waals surface area contributed by atoms with Gasteiger partial charge in [-0.15, -0.1) is 0 Å². The van der Waals surface area contributed by atoms with E-state index in [2.05, 4.69) is 30.7 Å². The van der Waals surface area contributed by atoms with Gasteiger partial charge in [0.1, 0.15) is 11.6 Å². The summed E-state index contributed by atoms with van der Waals surface area (Å²) in [6, 6.07) is 11.1. The van der Waals surface area contributed by atoms with E-state index in [1.165, 1.54) is 6.07 Å². The van der Waals surface area contributed by atoms with Crippen molar-refractivity contribution in [1.29, 1.82) is 0 Å². The normalized spacial score (nSPS) is 16.2. The molecule has 0 saturated carbocycles. The predicted octanol–water partition coefficient (Wildman–Crippen LogP) is 3.31. The third-order valence-corrected chi connectivity index (χ3v) is 4.13. The van der Waals surface area contributed by atoms with Crippen LogP contribution >= 0.6 is 15.9 Å². The van der Waals surface area contributed by atoms with Gasteiger partial charge in [0.25, 0.3) is 0 Å². The summed E-state index contributed by atoms with van der Waals surface area (Å²) in [5.74, 6) is 0.845. The zero-order valence-corrected chi connectivity index (χ0v) is 13.3. The van der Waals surface area contributed by atoms with Crippen LogP contribution in [-0.2, 0) is 6.54 Å². The highest BCUT2D eigenvalue weighted by molar-refractivity contribution is 9.10. The molecule has 21 heavy (non-hydrogen) atoms. The van der Waals surface area contributed by atoms with Crippen LogP contribution in [0.15, 0.2) is 47.1 Å². The van der Waals surface area contributed by atoms with E-state index in [9.17, 15) is 4.39 Å². The van der Waals surface area contributed by atoms with Gasteiger partial charge in [0.15, 0.2) is 0 Å². The Hall–Kier alpha value is -1.46. The van der Waals surface area contributed by atoms with Gasteiger partial charge in [-0.1, -0.05) is 22.0 Å². The van der Waals surface area contributed by atoms with E-state index in [4.69, 9.17) is 0 Å². The van der Waals surface area contributed by atoms with Crippen LogP contribution in [0.1, 0.15) is 5.56 Å². The molecule has 1 aliphatic heterocycles. The van der Waals surface area contributed by atoms with Crippen molar-refractivity contribution in [2.45, 2.75) is 6.54 Å². The minimum Gasteiger partial charge on any atom is -0.354 e. The quantitative estimate of drug-likeness (QED) is 0.847. The molecule has 3 nitrogen and oxygen atoms in total. The Bertz CT molecular complexity index is 577. The van der Waals surface area contributed by atoms with Crippen LogP contribution in [-0.4, -0.2) is 36.1 Å². The molecule has 0 bridgehead atoms. The maximum absolute atomic E-state index is 13.4. The molecule has 1 saturated heterocycles. The molecule has 0 amide bonds. The van der Waals surface area contributed by atoms with Crippen LogP contribution in [0.4, 0.5) is 10.2 Å². The molecular formula is C16H17BrFN3. The molecule has 3 rings (SSSR count). The number of hydrogen-bond acceptors (Lipinski definition) is 3. The van der Waals surface area contributed by atoms with Gasteiger partial charge in [-0.3, -0.25) is 4.90 Å². The molecule has 0 unspecified atom stereocenters. The highest BCUT2D eigenvalue weighted by Crippen LogP contribution is 2.18. The molecule has 2 heterocycles. The Morgan fingerprint density at radius 3 is 2.57 bits per heavy atom. The summed E-state index contributed by atoms with van der Waals surface area (Å²) in [4.78, 5) is 9.02. The third-order valence-electron chi connectivity index (χ3n) is 3.67. The van der Waals surface area contributed by atoms with Gasteiger partial charge < -0.3 is 4.90 Å². The molecule has 0 spiro atoms. The Morgan fingerprint density at radius 1 is 1.10 bits per heavy atom. The molecule has 1 fully saturated rings. The first-order valence-corrected chi connectivity index (χ1v) is 7.83. The van der Waals surface area contributed by atoms with Crippen molar-refractivity contribution in [1.82, 2.24) is 9.88 Å². The molecule has 0 N–H and O–H groups in total. The van der Waals surface area contributed by atoms with E-state index in [1.54, 1.807) is 6.07 Å². The minimum absolute atomic E-state index is 0.188. The van der Waals surface area contributed by atoms with Crippen molar-refractivity contribution >= 4 is 21.7 Å². The van der Waals surface area contributed by atoms with Crippen molar-refractivity contribution < 1.29 is 4.39 Å². The number of nitrogens with zero attached hydrogens (tertiary/aromatic N) is 3. The van der Waals surface area contributed by atoms with E-state index in [0.29, 0.717) is 0 Å². The number of hydrogen-bond donors (Lipinski definition) is 0. The second-order valence-corrected chi connectivity index (χ2v) is 6.14. The van der Waals surface area contributed by atoms with Crippen LogP contribution in [0.5, 0.6) is 0 Å². The fraction of sp³-hybridized carbons (Fsp3) is 0.312. The van der Waals surface area contributed by atoms with Crippen LogP contribution in [0, 0.1) is 5.82 Å². The third kappa shape index (κ3) is 3.80. The predicted molar refractivity (Wildman–Crippen MR) is 85.8 cm³/mol. The Morgan fingerprint density at radius 2 is 1.90 bits per heavy atom. The number of benzene rings is 1. The van der Waals surface area contributed by atoms with Crippen molar-refractivity contribution in [2.24, 2.45) is 0 Å². The van der Waals surface area contributed by atoms with Gasteiger partial charge in [-0.2, -0.15) is 0 Å². The van der Waals surface area contributed by atoms with Crippen molar-refractivity contribution in [3.63, 3.8) is 0 Å². The molecule has 1 aromatic heterocycles. The molecular weight excluding hydrogens is 333 g/mol. The zero-order valence-electron chi connectivity index (χ0n) is 11.7. The maximum atomic E-state index is 13.4. The Labute approximate surface area is 132 Å². The van der Waals surface area contributed by atoms with Crippen molar-refractivity contribution in [2.75, 3.05) is 31.1 Å². The molecule has 1 aromatic carbocycles. The zero-order chi connectivity index (χ0) is 14.7. The van der Waals surface area contributed by atoms with Crippen LogP contribution in [0.25, 0.3) is 0 Å². The number of aromatic nitrogens is 1. The molecule has 0 atom stereocenters. The summed E-state index contributed by atoms with van der Waals surface area (Å²) in [6.07, 6.45) is 1.83. The van der Waals surface area contributed by atoms with E-state index in [-0.39, 0.29) is 5.82 Å². The lowest BCUT2D eigenvalue weighted by Gasteiger charge is -2.35. The van der Waals surface area contributed by atoms with Crippen LogP contribution in [0.3, 0.4) is 0 Å². The van der Waals surface area contributed by atoms with Crippen LogP contribution < -0.4 is 4.90 Å². The van der Waals surface area contributed by atoms with Gasteiger partial charge in [0, 0.05) is 43.4 Å². The first-order valence-electron chi connectivity index (χ1n) is 7.04. The summed E-state index contributed by atoms with van der Waals surface area (Å²) in [5.41, 5.74) is 1.01. The lowest BCUT2D eigenvalue weighted by atomic mass is 10.2. The van der Waals surface area contributed by atoms with Gasteiger partial charge >= 0.3 is 0 Å². The number of piperazine rings is 1. The van der Waals surface area contributed by atoms with E-state index >= 15 is 0 Å². The molecule has 110 valence electrons. The molecule has 1 aliphatic rings. The Balaban J connectivity index is 1.58. The van der Waals surface area contributed by atoms with Crippen molar-refractivity contribution in [3.05, 3.63) is 58.4 Å².